The standard InChI is InChI=1S/C14H15FN2O3S/c1-9(17-11-4-7-14(18)13(15)8-11)10-2-5-12(6-3-10)21(16,19)20/h2-9,17-18H,1H3,(H2,16,19,20). The molecule has 0 saturated carbocycles. The molecule has 0 fully saturated rings. The lowest BCUT2D eigenvalue weighted by Gasteiger charge is -2.16. The number of benzene rings is 2. The Kier molecular flexibility index (Phi) is 4.15. The fraction of sp³-hybridized carbons (Fsp3) is 0.143. The zero-order chi connectivity index (χ0) is 15.6. The van der Waals surface area contributed by atoms with Gasteiger partial charge in [0.1, 0.15) is 0 Å². The van der Waals surface area contributed by atoms with Crippen LogP contribution in [0.1, 0.15) is 18.5 Å². The second-order valence-corrected chi connectivity index (χ2v) is 6.21. The summed E-state index contributed by atoms with van der Waals surface area (Å²) in [5.74, 6) is -1.12. The lowest BCUT2D eigenvalue weighted by atomic mass is 10.1. The second kappa shape index (κ2) is 5.71. The first-order chi connectivity index (χ1) is 9.77. The molecule has 2 aromatic rings. The topological polar surface area (TPSA) is 92.4 Å². The van der Waals surface area contributed by atoms with Gasteiger partial charge in [-0.15, -0.1) is 0 Å². The second-order valence-electron chi connectivity index (χ2n) is 4.65. The number of hydrogen-bond donors (Lipinski definition) is 3. The first-order valence-corrected chi connectivity index (χ1v) is 7.70. The molecule has 1 unspecified atom stereocenters. The van der Waals surface area contributed by atoms with Gasteiger partial charge in [0.2, 0.25) is 10.0 Å². The van der Waals surface area contributed by atoms with Gasteiger partial charge >= 0.3 is 0 Å². The maximum Gasteiger partial charge on any atom is 0.238 e. The largest absolute Gasteiger partial charge is 0.505 e. The number of phenolic OH excluding ortho intramolecular Hbond substituents is 1. The summed E-state index contributed by atoms with van der Waals surface area (Å²) < 4.78 is 35.6. The van der Waals surface area contributed by atoms with Crippen LogP contribution in [-0.2, 0) is 10.0 Å². The van der Waals surface area contributed by atoms with Crippen LogP contribution < -0.4 is 10.5 Å². The zero-order valence-corrected chi connectivity index (χ0v) is 12.1. The Morgan fingerprint density at radius 2 is 1.81 bits per heavy atom. The van der Waals surface area contributed by atoms with Crippen LogP contribution in [0.15, 0.2) is 47.4 Å². The van der Waals surface area contributed by atoms with E-state index in [0.29, 0.717) is 5.69 Å². The van der Waals surface area contributed by atoms with Crippen molar-refractivity contribution in [2.45, 2.75) is 17.9 Å². The van der Waals surface area contributed by atoms with E-state index in [0.717, 1.165) is 5.56 Å². The number of rotatable bonds is 4. The minimum atomic E-state index is -3.71. The average Bonchev–Trinajstić information content (AvgIpc) is 2.42. The number of primary sulfonamides is 1. The number of anilines is 1. The predicted molar refractivity (Wildman–Crippen MR) is 77.9 cm³/mol. The molecular weight excluding hydrogens is 295 g/mol. The smallest absolute Gasteiger partial charge is 0.238 e. The van der Waals surface area contributed by atoms with Gasteiger partial charge in [0, 0.05) is 17.8 Å². The minimum Gasteiger partial charge on any atom is -0.505 e. The van der Waals surface area contributed by atoms with E-state index < -0.39 is 21.6 Å². The Bertz CT molecular complexity index is 745. The highest BCUT2D eigenvalue weighted by molar-refractivity contribution is 7.89. The maximum absolute atomic E-state index is 13.2. The van der Waals surface area contributed by atoms with Crippen LogP contribution in [0.25, 0.3) is 0 Å². The fourth-order valence-corrected chi connectivity index (χ4v) is 2.39. The Morgan fingerprint density at radius 1 is 1.19 bits per heavy atom. The molecule has 0 radical (unpaired) electrons. The molecule has 0 spiro atoms. The number of nitrogens with one attached hydrogen (secondary N) is 1. The summed E-state index contributed by atoms with van der Waals surface area (Å²) in [7, 11) is -3.71. The number of phenols is 1. The zero-order valence-electron chi connectivity index (χ0n) is 11.2. The third kappa shape index (κ3) is 3.71. The summed E-state index contributed by atoms with van der Waals surface area (Å²) >= 11 is 0. The van der Waals surface area contributed by atoms with E-state index in [4.69, 9.17) is 10.2 Å². The Labute approximate surface area is 122 Å². The van der Waals surface area contributed by atoms with E-state index in [1.807, 2.05) is 6.92 Å². The Morgan fingerprint density at radius 3 is 2.33 bits per heavy atom. The maximum atomic E-state index is 13.2. The van der Waals surface area contributed by atoms with Crippen LogP contribution in [0.5, 0.6) is 5.75 Å². The van der Waals surface area contributed by atoms with Crippen LogP contribution in [0, 0.1) is 5.82 Å². The molecule has 0 saturated heterocycles. The van der Waals surface area contributed by atoms with E-state index in [1.54, 1.807) is 18.2 Å². The normalized spacial score (nSPS) is 12.9. The fourth-order valence-electron chi connectivity index (χ4n) is 1.88. The van der Waals surface area contributed by atoms with Crippen LogP contribution in [0.4, 0.5) is 10.1 Å². The van der Waals surface area contributed by atoms with E-state index in [2.05, 4.69) is 5.32 Å². The molecule has 2 rings (SSSR count). The van der Waals surface area contributed by atoms with Crippen molar-refractivity contribution < 1.29 is 17.9 Å². The molecule has 0 aliphatic heterocycles. The van der Waals surface area contributed by atoms with Crippen molar-refractivity contribution in [1.29, 1.82) is 0 Å². The lowest BCUT2D eigenvalue weighted by molar-refractivity contribution is 0.432. The SMILES string of the molecule is CC(Nc1ccc(O)c(F)c1)c1ccc(S(N)(=O)=O)cc1. The molecule has 1 atom stereocenters. The average molecular weight is 310 g/mol. The van der Waals surface area contributed by atoms with Crippen molar-refractivity contribution in [2.75, 3.05) is 5.32 Å². The van der Waals surface area contributed by atoms with Gasteiger partial charge in [0.25, 0.3) is 0 Å². The molecule has 0 aliphatic carbocycles. The number of nitrogens with two attached hydrogens (primary N) is 1. The van der Waals surface area contributed by atoms with Gasteiger partial charge in [0.15, 0.2) is 11.6 Å². The van der Waals surface area contributed by atoms with E-state index in [1.165, 1.54) is 24.3 Å². The van der Waals surface area contributed by atoms with E-state index in [9.17, 15) is 12.8 Å². The van der Waals surface area contributed by atoms with Gasteiger partial charge in [-0.2, -0.15) is 0 Å². The van der Waals surface area contributed by atoms with Gasteiger partial charge in [-0.05, 0) is 36.8 Å². The molecule has 0 heterocycles. The van der Waals surface area contributed by atoms with Crippen molar-refractivity contribution in [3.8, 4) is 5.75 Å². The van der Waals surface area contributed by atoms with E-state index in [-0.39, 0.29) is 10.9 Å². The van der Waals surface area contributed by atoms with Crippen molar-refractivity contribution in [3.05, 3.63) is 53.8 Å². The van der Waals surface area contributed by atoms with Crippen molar-refractivity contribution >= 4 is 15.7 Å². The summed E-state index contributed by atoms with van der Waals surface area (Å²) in [6.45, 7) is 1.84. The summed E-state index contributed by atoms with van der Waals surface area (Å²) in [4.78, 5) is 0.0362. The van der Waals surface area contributed by atoms with Crippen LogP contribution >= 0.6 is 0 Å². The molecule has 2 aromatic carbocycles. The van der Waals surface area contributed by atoms with Gasteiger partial charge in [-0.1, -0.05) is 12.1 Å². The first-order valence-electron chi connectivity index (χ1n) is 6.15. The van der Waals surface area contributed by atoms with Crippen molar-refractivity contribution in [2.24, 2.45) is 5.14 Å². The highest BCUT2D eigenvalue weighted by atomic mass is 32.2. The van der Waals surface area contributed by atoms with Crippen LogP contribution in [0.2, 0.25) is 0 Å². The summed E-state index contributed by atoms with van der Waals surface area (Å²) in [5.41, 5.74) is 1.32. The molecule has 0 aliphatic rings. The predicted octanol–water partition coefficient (Wildman–Crippen LogP) is 2.35. The molecule has 7 heteroatoms. The number of halogens is 1. The summed E-state index contributed by atoms with van der Waals surface area (Å²) in [6.07, 6.45) is 0. The summed E-state index contributed by atoms with van der Waals surface area (Å²) in [5, 5.41) is 17.2. The summed E-state index contributed by atoms with van der Waals surface area (Å²) in [6, 6.07) is 9.92. The van der Waals surface area contributed by atoms with Gasteiger partial charge in [-0.3, -0.25) is 0 Å². The van der Waals surface area contributed by atoms with Crippen LogP contribution in [0.3, 0.4) is 0 Å². The highest BCUT2D eigenvalue weighted by Gasteiger charge is 2.10. The minimum absolute atomic E-state index is 0.0362. The quantitative estimate of drug-likeness (QED) is 0.756. The van der Waals surface area contributed by atoms with Gasteiger partial charge in [0.05, 0.1) is 4.90 Å². The monoisotopic (exact) mass is 310 g/mol. The number of hydrogen-bond acceptors (Lipinski definition) is 4. The van der Waals surface area contributed by atoms with Crippen molar-refractivity contribution in [3.63, 3.8) is 0 Å². The Hall–Kier alpha value is -2.12. The third-order valence-corrected chi connectivity index (χ3v) is 3.97. The lowest BCUT2D eigenvalue weighted by Crippen LogP contribution is -2.12. The molecule has 0 bridgehead atoms. The van der Waals surface area contributed by atoms with Gasteiger partial charge in [-0.25, -0.2) is 17.9 Å². The molecule has 4 N–H and O–H groups in total. The third-order valence-electron chi connectivity index (χ3n) is 3.04. The van der Waals surface area contributed by atoms with E-state index >= 15 is 0 Å². The van der Waals surface area contributed by atoms with Crippen LogP contribution in [-0.4, -0.2) is 13.5 Å². The molecule has 5 nitrogen and oxygen atoms in total. The molecule has 21 heavy (non-hydrogen) atoms. The van der Waals surface area contributed by atoms with Crippen molar-refractivity contribution in [1.82, 2.24) is 0 Å². The molecule has 112 valence electrons. The Balaban J connectivity index is 2.16. The number of sulfonamides is 1. The first kappa shape index (κ1) is 15.3. The highest BCUT2D eigenvalue weighted by Crippen LogP contribution is 2.24. The molecule has 0 aromatic heterocycles. The van der Waals surface area contributed by atoms with Gasteiger partial charge < -0.3 is 10.4 Å². The number of aromatic hydroxyl groups is 1. The molecule has 0 amide bonds. The molecular formula is C14H15FN2O3S.